The van der Waals surface area contributed by atoms with Gasteiger partial charge in [0, 0.05) is 23.1 Å². The van der Waals surface area contributed by atoms with Crippen LogP contribution in [-0.2, 0) is 14.8 Å². The van der Waals surface area contributed by atoms with Crippen LogP contribution >= 0.6 is 0 Å². The number of unbranched alkanes of at least 4 members (excludes halogenated alkanes) is 2. The van der Waals surface area contributed by atoms with Crippen molar-refractivity contribution in [2.24, 2.45) is 0 Å². The van der Waals surface area contributed by atoms with E-state index in [2.05, 4.69) is 21.9 Å². The number of para-hydroxylation sites is 1. The van der Waals surface area contributed by atoms with Crippen LogP contribution in [0.25, 0.3) is 0 Å². The fourth-order valence-electron chi connectivity index (χ4n) is 3.38. The average Bonchev–Trinajstić information content (AvgIpc) is 2.88. The van der Waals surface area contributed by atoms with Gasteiger partial charge in [-0.15, -0.1) is 13.2 Å². The van der Waals surface area contributed by atoms with Gasteiger partial charge in [0.15, 0.2) is 0 Å². The second-order valence-corrected chi connectivity index (χ2v) is 9.99. The summed E-state index contributed by atoms with van der Waals surface area (Å²) in [5.74, 6) is 4.10. The number of anilines is 1. The van der Waals surface area contributed by atoms with Crippen molar-refractivity contribution in [2.75, 3.05) is 5.32 Å². The quantitative estimate of drug-likeness (QED) is 0.262. The predicted octanol–water partition coefficient (Wildman–Crippen LogP) is 5.62. The molecule has 0 fully saturated rings. The highest BCUT2D eigenvalue weighted by Crippen LogP contribution is 2.23. The van der Waals surface area contributed by atoms with Crippen molar-refractivity contribution in [1.82, 2.24) is 4.72 Å². The van der Waals surface area contributed by atoms with Crippen LogP contribution in [0.2, 0.25) is 0 Å². The van der Waals surface area contributed by atoms with E-state index in [1.807, 2.05) is 11.6 Å². The summed E-state index contributed by atoms with van der Waals surface area (Å²) < 4.78 is 68.2. The molecule has 7 nitrogen and oxygen atoms in total. The SMILES string of the molecule is CCCCCC(=O)NS(=O)(=O)c1ccccc1NC(=O)c1ccc(C#Cc2ccc(OC(F)(F)F)cc2)cc1. The van der Waals surface area contributed by atoms with E-state index in [1.165, 1.54) is 42.5 Å². The van der Waals surface area contributed by atoms with E-state index in [4.69, 9.17) is 0 Å². The van der Waals surface area contributed by atoms with E-state index in [1.54, 1.807) is 18.2 Å². The van der Waals surface area contributed by atoms with Crippen molar-refractivity contribution < 1.29 is 35.9 Å². The smallest absolute Gasteiger partial charge is 0.406 e. The lowest BCUT2D eigenvalue weighted by Gasteiger charge is -2.12. The highest BCUT2D eigenvalue weighted by atomic mass is 32.2. The van der Waals surface area contributed by atoms with Gasteiger partial charge in [0.05, 0.1) is 5.69 Å². The Labute approximate surface area is 224 Å². The number of nitrogens with one attached hydrogen (secondary N) is 2. The molecular weight excluding hydrogens is 533 g/mol. The summed E-state index contributed by atoms with van der Waals surface area (Å²) in [7, 11) is -4.20. The third-order valence-electron chi connectivity index (χ3n) is 5.27. The van der Waals surface area contributed by atoms with Gasteiger partial charge in [-0.25, -0.2) is 13.1 Å². The molecular formula is C28H25F3N2O5S. The molecule has 39 heavy (non-hydrogen) atoms. The van der Waals surface area contributed by atoms with E-state index in [0.717, 1.165) is 25.0 Å². The topological polar surface area (TPSA) is 102 Å². The first kappa shape index (κ1) is 29.3. The Balaban J connectivity index is 1.67. The summed E-state index contributed by atoms with van der Waals surface area (Å²) in [6.07, 6.45) is -2.44. The maximum atomic E-state index is 12.8. The maximum absolute atomic E-state index is 12.8. The Bertz CT molecular complexity index is 1470. The van der Waals surface area contributed by atoms with Gasteiger partial charge >= 0.3 is 6.36 Å². The minimum atomic E-state index is -4.78. The van der Waals surface area contributed by atoms with E-state index < -0.39 is 28.2 Å². The second-order valence-electron chi connectivity index (χ2n) is 8.34. The van der Waals surface area contributed by atoms with Crippen LogP contribution in [0.5, 0.6) is 5.75 Å². The minimum Gasteiger partial charge on any atom is -0.406 e. The van der Waals surface area contributed by atoms with E-state index in [9.17, 15) is 31.2 Å². The van der Waals surface area contributed by atoms with Crippen molar-refractivity contribution in [1.29, 1.82) is 0 Å². The first-order chi connectivity index (χ1) is 18.5. The van der Waals surface area contributed by atoms with E-state index in [0.29, 0.717) is 17.5 Å². The molecule has 11 heteroatoms. The molecule has 3 aromatic rings. The highest BCUT2D eigenvalue weighted by Gasteiger charge is 2.31. The molecule has 0 saturated heterocycles. The number of halogens is 3. The predicted molar refractivity (Wildman–Crippen MR) is 139 cm³/mol. The van der Waals surface area contributed by atoms with Crippen LogP contribution in [0.1, 0.15) is 54.1 Å². The van der Waals surface area contributed by atoms with Gasteiger partial charge in [-0.3, -0.25) is 9.59 Å². The summed E-state index contributed by atoms with van der Waals surface area (Å²) in [6.45, 7) is 1.97. The third kappa shape index (κ3) is 9.19. The number of rotatable bonds is 9. The molecule has 0 unspecified atom stereocenters. The Kier molecular flexibility index (Phi) is 9.73. The Morgan fingerprint density at radius 3 is 2.05 bits per heavy atom. The molecule has 0 aliphatic rings. The normalized spacial score (nSPS) is 11.2. The number of ether oxygens (including phenoxy) is 1. The van der Waals surface area contributed by atoms with Gasteiger partial charge < -0.3 is 10.1 Å². The first-order valence-corrected chi connectivity index (χ1v) is 13.4. The summed E-state index contributed by atoms with van der Waals surface area (Å²) in [5, 5.41) is 2.56. The Hall–Kier alpha value is -4.30. The molecule has 2 amide bonds. The molecule has 0 aromatic heterocycles. The zero-order valence-corrected chi connectivity index (χ0v) is 21.7. The number of carbonyl (C=O) groups excluding carboxylic acids is 2. The monoisotopic (exact) mass is 558 g/mol. The lowest BCUT2D eigenvalue weighted by molar-refractivity contribution is -0.274. The van der Waals surface area contributed by atoms with Crippen molar-refractivity contribution in [2.45, 2.75) is 43.9 Å². The van der Waals surface area contributed by atoms with Crippen LogP contribution < -0.4 is 14.8 Å². The zero-order valence-electron chi connectivity index (χ0n) is 20.8. The van der Waals surface area contributed by atoms with Crippen molar-refractivity contribution in [3.05, 3.63) is 89.5 Å². The largest absolute Gasteiger partial charge is 0.573 e. The zero-order chi connectivity index (χ0) is 28.5. The maximum Gasteiger partial charge on any atom is 0.573 e. The molecule has 0 bridgehead atoms. The molecule has 0 spiro atoms. The van der Waals surface area contributed by atoms with E-state index >= 15 is 0 Å². The first-order valence-electron chi connectivity index (χ1n) is 11.9. The van der Waals surface area contributed by atoms with Gasteiger partial charge in [-0.05, 0) is 67.1 Å². The molecule has 3 aromatic carbocycles. The van der Waals surface area contributed by atoms with Gasteiger partial charge in [0.25, 0.3) is 15.9 Å². The van der Waals surface area contributed by atoms with Crippen LogP contribution in [-0.4, -0.2) is 26.6 Å². The molecule has 0 atom stereocenters. The van der Waals surface area contributed by atoms with Crippen molar-refractivity contribution in [3.8, 4) is 17.6 Å². The van der Waals surface area contributed by atoms with Crippen LogP contribution in [0.3, 0.4) is 0 Å². The summed E-state index contributed by atoms with van der Waals surface area (Å²) in [5.41, 5.74) is 1.24. The minimum absolute atomic E-state index is 0.0122. The summed E-state index contributed by atoms with van der Waals surface area (Å²) in [4.78, 5) is 24.6. The Morgan fingerprint density at radius 2 is 1.46 bits per heavy atom. The molecule has 3 rings (SSSR count). The second kappa shape index (κ2) is 13.0. The lowest BCUT2D eigenvalue weighted by atomic mass is 10.1. The number of amides is 2. The van der Waals surface area contributed by atoms with Crippen LogP contribution in [0.4, 0.5) is 18.9 Å². The number of carbonyl (C=O) groups is 2. The molecule has 0 aliphatic heterocycles. The van der Waals surface area contributed by atoms with Gasteiger partial charge in [-0.2, -0.15) is 0 Å². The molecule has 0 saturated carbocycles. The number of alkyl halides is 3. The van der Waals surface area contributed by atoms with Gasteiger partial charge in [0.1, 0.15) is 10.6 Å². The van der Waals surface area contributed by atoms with Crippen molar-refractivity contribution in [3.63, 3.8) is 0 Å². The molecule has 0 aliphatic carbocycles. The lowest BCUT2D eigenvalue weighted by Crippen LogP contribution is -2.31. The molecule has 0 radical (unpaired) electrons. The molecule has 2 N–H and O–H groups in total. The fraction of sp³-hybridized carbons (Fsp3) is 0.214. The summed E-state index contributed by atoms with van der Waals surface area (Å²) >= 11 is 0. The third-order valence-corrected chi connectivity index (χ3v) is 6.70. The average molecular weight is 559 g/mol. The van der Waals surface area contributed by atoms with Crippen LogP contribution in [0, 0.1) is 11.8 Å². The van der Waals surface area contributed by atoms with Gasteiger partial charge in [-0.1, -0.05) is 43.7 Å². The number of hydrogen-bond donors (Lipinski definition) is 2. The van der Waals surface area contributed by atoms with Crippen molar-refractivity contribution >= 4 is 27.5 Å². The summed E-state index contributed by atoms with van der Waals surface area (Å²) in [6, 6.07) is 16.9. The van der Waals surface area contributed by atoms with Crippen LogP contribution in [0.15, 0.2) is 77.7 Å². The van der Waals surface area contributed by atoms with E-state index in [-0.39, 0.29) is 28.3 Å². The fourth-order valence-corrected chi connectivity index (χ4v) is 4.56. The van der Waals surface area contributed by atoms with Gasteiger partial charge in [0.2, 0.25) is 5.91 Å². The highest BCUT2D eigenvalue weighted by molar-refractivity contribution is 7.90. The number of benzene rings is 3. The molecule has 0 heterocycles. The number of sulfonamides is 1. The number of hydrogen-bond acceptors (Lipinski definition) is 5. The Morgan fingerprint density at radius 1 is 0.872 bits per heavy atom. The standard InChI is InChI=1S/C28H25F3N2O5S/c1-2-3-4-9-26(34)33-39(36,37)25-8-6-5-7-24(25)32-27(35)22-16-12-20(13-17-22)10-11-21-14-18-23(19-15-21)38-28(29,30)31/h5-8,12-19H,2-4,9H2,1H3,(H,32,35)(H,33,34). The molecule has 204 valence electrons.